The summed E-state index contributed by atoms with van der Waals surface area (Å²) in [4.78, 5) is 3.47. The molecule has 1 heterocycles. The van der Waals surface area contributed by atoms with Crippen LogP contribution < -0.4 is 15.0 Å². The molecule has 1 aromatic heterocycles. The molecule has 2 N–H and O–H groups in total. The van der Waals surface area contributed by atoms with Crippen LogP contribution in [-0.2, 0) is 13.1 Å². The number of fused-ring (bicyclic) bond motifs is 1. The summed E-state index contributed by atoms with van der Waals surface area (Å²) in [6, 6.07) is 13.6. The molecule has 3 aromatic rings. The predicted octanol–water partition coefficient (Wildman–Crippen LogP) is 5.26. The van der Waals surface area contributed by atoms with Gasteiger partial charge >= 0.3 is 5.95 Å². The van der Waals surface area contributed by atoms with E-state index in [1.54, 1.807) is 12.1 Å². The summed E-state index contributed by atoms with van der Waals surface area (Å²) in [7, 11) is 0. The molecule has 0 saturated heterocycles. The van der Waals surface area contributed by atoms with Gasteiger partial charge in [-0.1, -0.05) is 73.2 Å². The largest absolute Gasteiger partial charge is 0.872 e. The van der Waals surface area contributed by atoms with Crippen molar-refractivity contribution in [2.45, 2.75) is 58.5 Å². The van der Waals surface area contributed by atoms with Gasteiger partial charge < -0.3 is 5.11 Å². The van der Waals surface area contributed by atoms with E-state index in [1.165, 1.54) is 37.6 Å². The van der Waals surface area contributed by atoms with Crippen LogP contribution in [0.15, 0.2) is 46.9 Å². The minimum atomic E-state index is 0.0595. The molecular formula is C22H28BrN3O. The number of halogens is 1. The van der Waals surface area contributed by atoms with E-state index in [9.17, 15) is 5.11 Å². The molecule has 5 heteroatoms. The molecule has 144 valence electrons. The van der Waals surface area contributed by atoms with E-state index in [4.69, 9.17) is 0 Å². The third-order valence-corrected chi connectivity index (χ3v) is 5.42. The number of aromatic amines is 1. The van der Waals surface area contributed by atoms with Crippen molar-refractivity contribution >= 4 is 32.9 Å². The first kappa shape index (κ1) is 19.7. The fraction of sp³-hybridized carbons (Fsp3) is 0.409. The Labute approximate surface area is 169 Å². The van der Waals surface area contributed by atoms with Gasteiger partial charge in [-0.2, -0.15) is 0 Å². The number of para-hydroxylation sites is 2. The number of rotatable bonds is 10. The fourth-order valence-corrected chi connectivity index (χ4v) is 3.83. The minimum absolute atomic E-state index is 0.0595. The Morgan fingerprint density at radius 2 is 1.81 bits per heavy atom. The number of H-pyrrole nitrogens is 1. The van der Waals surface area contributed by atoms with E-state index in [0.717, 1.165) is 34.5 Å². The number of imidazole rings is 1. The number of hydrogen-bond donors (Lipinski definition) is 2. The lowest BCUT2D eigenvalue weighted by Gasteiger charge is -2.12. The molecule has 0 atom stereocenters. The second-order valence-electron chi connectivity index (χ2n) is 7.02. The van der Waals surface area contributed by atoms with Crippen molar-refractivity contribution in [3.8, 4) is 5.75 Å². The van der Waals surface area contributed by atoms with Crippen LogP contribution in [0.2, 0.25) is 0 Å². The fourth-order valence-electron chi connectivity index (χ4n) is 3.42. The zero-order valence-electron chi connectivity index (χ0n) is 15.9. The van der Waals surface area contributed by atoms with Crippen LogP contribution in [0.3, 0.4) is 0 Å². The number of benzene rings is 2. The first-order valence-corrected chi connectivity index (χ1v) is 10.7. The van der Waals surface area contributed by atoms with E-state index < -0.39 is 0 Å². The van der Waals surface area contributed by atoms with E-state index in [0.29, 0.717) is 6.54 Å². The van der Waals surface area contributed by atoms with Crippen LogP contribution in [0.4, 0.5) is 5.95 Å². The third kappa shape index (κ3) is 5.25. The zero-order chi connectivity index (χ0) is 19.1. The molecule has 27 heavy (non-hydrogen) atoms. The molecule has 4 nitrogen and oxygen atoms in total. The molecule has 0 amide bonds. The second-order valence-corrected chi connectivity index (χ2v) is 7.93. The molecule has 0 aliphatic rings. The van der Waals surface area contributed by atoms with Crippen LogP contribution >= 0.6 is 15.9 Å². The Morgan fingerprint density at radius 3 is 2.67 bits per heavy atom. The Morgan fingerprint density at radius 1 is 1.04 bits per heavy atom. The Kier molecular flexibility index (Phi) is 7.16. The van der Waals surface area contributed by atoms with Gasteiger partial charge in [0.05, 0.1) is 13.1 Å². The lowest BCUT2D eigenvalue weighted by atomic mass is 10.1. The molecule has 0 unspecified atom stereocenters. The highest BCUT2D eigenvalue weighted by atomic mass is 79.9. The van der Waals surface area contributed by atoms with E-state index in [1.807, 2.05) is 12.1 Å². The normalized spacial score (nSPS) is 11.2. The maximum absolute atomic E-state index is 12.1. The van der Waals surface area contributed by atoms with Crippen LogP contribution in [0, 0.1) is 0 Å². The molecule has 0 bridgehead atoms. The molecule has 0 saturated carbocycles. The van der Waals surface area contributed by atoms with Crippen molar-refractivity contribution in [3.63, 3.8) is 0 Å². The SMILES string of the molecule is CCCCCCCC[n+]1c(NCc2cc(Br)ccc2[O-])[nH]c2ccccc21. The number of aromatic nitrogens is 2. The van der Waals surface area contributed by atoms with Crippen LogP contribution in [0.25, 0.3) is 11.0 Å². The second kappa shape index (κ2) is 9.79. The highest BCUT2D eigenvalue weighted by Crippen LogP contribution is 2.21. The van der Waals surface area contributed by atoms with Crippen molar-refractivity contribution in [2.24, 2.45) is 0 Å². The standard InChI is InChI=1S/C22H28BrN3O/c1-2-3-4-5-6-9-14-26-20-11-8-7-10-19(20)25-22(26)24-16-17-15-18(23)12-13-21(17)27/h7-8,10-13,15H,2-6,9,14,16H2,1H3,(H2,24,25,27). The minimum Gasteiger partial charge on any atom is -0.872 e. The maximum Gasteiger partial charge on any atom is 0.356 e. The van der Waals surface area contributed by atoms with Gasteiger partial charge in [0.15, 0.2) is 0 Å². The van der Waals surface area contributed by atoms with Gasteiger partial charge in [0.2, 0.25) is 0 Å². The van der Waals surface area contributed by atoms with E-state index in [2.05, 4.69) is 55.9 Å². The van der Waals surface area contributed by atoms with Crippen molar-refractivity contribution in [1.29, 1.82) is 0 Å². The first-order valence-electron chi connectivity index (χ1n) is 9.89. The molecule has 2 aromatic carbocycles. The zero-order valence-corrected chi connectivity index (χ0v) is 17.5. The molecular weight excluding hydrogens is 402 g/mol. The molecule has 0 spiro atoms. The van der Waals surface area contributed by atoms with Gasteiger partial charge in [-0.3, -0.25) is 5.32 Å². The maximum atomic E-state index is 12.1. The van der Waals surface area contributed by atoms with Crippen LogP contribution in [-0.4, -0.2) is 4.98 Å². The number of anilines is 1. The van der Waals surface area contributed by atoms with Gasteiger partial charge in [-0.05, 0) is 36.2 Å². The highest BCUT2D eigenvalue weighted by Gasteiger charge is 2.16. The van der Waals surface area contributed by atoms with Gasteiger partial charge in [0.1, 0.15) is 11.0 Å². The summed E-state index contributed by atoms with van der Waals surface area (Å²) < 4.78 is 3.23. The van der Waals surface area contributed by atoms with Crippen molar-refractivity contribution < 1.29 is 9.67 Å². The average Bonchev–Trinajstić information content (AvgIpc) is 3.03. The number of aryl methyl sites for hydroxylation is 1. The smallest absolute Gasteiger partial charge is 0.356 e. The van der Waals surface area contributed by atoms with Gasteiger partial charge in [-0.15, -0.1) is 5.75 Å². The highest BCUT2D eigenvalue weighted by molar-refractivity contribution is 9.10. The number of hydrogen-bond acceptors (Lipinski definition) is 2. The predicted molar refractivity (Wildman–Crippen MR) is 113 cm³/mol. The molecule has 3 rings (SSSR count). The molecule has 0 aliphatic heterocycles. The lowest BCUT2D eigenvalue weighted by molar-refractivity contribution is -0.657. The summed E-state index contributed by atoms with van der Waals surface area (Å²) in [6.45, 7) is 3.72. The van der Waals surface area contributed by atoms with E-state index in [-0.39, 0.29) is 5.75 Å². The van der Waals surface area contributed by atoms with Gasteiger partial charge in [-0.25, -0.2) is 9.55 Å². The van der Waals surface area contributed by atoms with Gasteiger partial charge in [0.25, 0.3) is 0 Å². The Balaban J connectivity index is 1.71. The van der Waals surface area contributed by atoms with Crippen molar-refractivity contribution in [1.82, 2.24) is 4.98 Å². The topological polar surface area (TPSA) is 54.8 Å². The first-order chi connectivity index (χ1) is 13.2. The monoisotopic (exact) mass is 429 g/mol. The number of unbranched alkanes of at least 4 members (excludes halogenated alkanes) is 5. The lowest BCUT2D eigenvalue weighted by Crippen LogP contribution is -2.36. The summed E-state index contributed by atoms with van der Waals surface area (Å²) in [5.41, 5.74) is 3.07. The summed E-state index contributed by atoms with van der Waals surface area (Å²) in [5.74, 6) is 1.02. The van der Waals surface area contributed by atoms with Crippen molar-refractivity contribution in [3.05, 3.63) is 52.5 Å². The number of nitrogens with one attached hydrogen (secondary N) is 2. The summed E-state index contributed by atoms with van der Waals surface area (Å²) >= 11 is 3.45. The van der Waals surface area contributed by atoms with Gasteiger partial charge in [0, 0.05) is 4.47 Å². The third-order valence-electron chi connectivity index (χ3n) is 4.92. The van der Waals surface area contributed by atoms with E-state index >= 15 is 0 Å². The Hall–Kier alpha value is -2.01. The molecule has 0 fully saturated rings. The summed E-state index contributed by atoms with van der Waals surface area (Å²) in [5, 5.41) is 15.5. The Bertz CT molecular complexity index is 875. The van der Waals surface area contributed by atoms with Crippen LogP contribution in [0.1, 0.15) is 51.0 Å². The summed E-state index contributed by atoms with van der Waals surface area (Å²) in [6.07, 6.45) is 7.66. The quantitative estimate of drug-likeness (QED) is 0.340. The number of nitrogens with zero attached hydrogens (tertiary/aromatic N) is 1. The average molecular weight is 430 g/mol. The van der Waals surface area contributed by atoms with Crippen LogP contribution in [0.5, 0.6) is 5.75 Å². The molecule has 0 aliphatic carbocycles. The molecule has 0 radical (unpaired) electrons. The van der Waals surface area contributed by atoms with Crippen molar-refractivity contribution in [2.75, 3.05) is 5.32 Å².